The van der Waals surface area contributed by atoms with Crippen LogP contribution in [0, 0.1) is 5.92 Å². The number of nitrogens with two attached hydrogens (primary N) is 1. The van der Waals surface area contributed by atoms with Crippen molar-refractivity contribution in [3.05, 3.63) is 24.0 Å². The molecule has 16 heavy (non-hydrogen) atoms. The Morgan fingerprint density at radius 2 is 2.00 bits per heavy atom. The maximum Gasteiger partial charge on any atom is 0.0772 e. The van der Waals surface area contributed by atoms with E-state index < -0.39 is 0 Å². The van der Waals surface area contributed by atoms with Crippen molar-refractivity contribution < 1.29 is 0 Å². The molecule has 0 atom stereocenters. The van der Waals surface area contributed by atoms with Gasteiger partial charge in [0.1, 0.15) is 0 Å². The largest absolute Gasteiger partial charge is 0.397 e. The molecule has 0 fully saturated rings. The van der Waals surface area contributed by atoms with E-state index in [1.165, 1.54) is 0 Å². The van der Waals surface area contributed by atoms with Gasteiger partial charge in [0.05, 0.1) is 11.4 Å². The third-order valence-corrected chi connectivity index (χ3v) is 2.61. The number of hydrogen-bond acceptors (Lipinski definition) is 3. The molecule has 0 aliphatic heterocycles. The average Bonchev–Trinajstić information content (AvgIpc) is 2.19. The molecular weight excluding hydrogens is 198 g/mol. The number of nitrogen functional groups attached to an aromatic ring is 1. The Kier molecular flexibility index (Phi) is 4.74. The minimum Gasteiger partial charge on any atom is -0.397 e. The van der Waals surface area contributed by atoms with Crippen LogP contribution in [0.5, 0.6) is 0 Å². The van der Waals surface area contributed by atoms with Gasteiger partial charge in [-0.15, -0.1) is 0 Å². The van der Waals surface area contributed by atoms with E-state index in [4.69, 9.17) is 5.73 Å². The number of aromatic nitrogens is 1. The highest BCUT2D eigenvalue weighted by Gasteiger charge is 2.13. The summed E-state index contributed by atoms with van der Waals surface area (Å²) in [5.74, 6) is 0.660. The van der Waals surface area contributed by atoms with Gasteiger partial charge in [-0.05, 0) is 31.9 Å². The van der Waals surface area contributed by atoms with Crippen LogP contribution >= 0.6 is 0 Å². The summed E-state index contributed by atoms with van der Waals surface area (Å²) in [6.45, 7) is 10.8. The van der Waals surface area contributed by atoms with Crippen molar-refractivity contribution in [2.45, 2.75) is 40.3 Å². The molecule has 0 bridgehead atoms. The van der Waals surface area contributed by atoms with Crippen molar-refractivity contribution >= 4 is 5.69 Å². The lowest BCUT2D eigenvalue weighted by molar-refractivity contribution is 0.187. The molecule has 0 aliphatic carbocycles. The first-order valence-electron chi connectivity index (χ1n) is 5.94. The quantitative estimate of drug-likeness (QED) is 0.830. The summed E-state index contributed by atoms with van der Waals surface area (Å²) in [6.07, 6.45) is 1.81. The second-order valence-electron chi connectivity index (χ2n) is 4.96. The van der Waals surface area contributed by atoms with E-state index in [0.29, 0.717) is 12.0 Å². The molecule has 90 valence electrons. The third kappa shape index (κ3) is 3.81. The lowest BCUT2D eigenvalue weighted by Gasteiger charge is -2.28. The second kappa shape index (κ2) is 5.85. The van der Waals surface area contributed by atoms with Gasteiger partial charge in [0.25, 0.3) is 0 Å². The first-order chi connectivity index (χ1) is 7.50. The van der Waals surface area contributed by atoms with Crippen LogP contribution in [0.1, 0.15) is 33.4 Å². The fraction of sp³-hybridized carbons (Fsp3) is 0.615. The van der Waals surface area contributed by atoms with E-state index in [0.717, 1.165) is 24.5 Å². The number of rotatable bonds is 5. The molecule has 0 amide bonds. The van der Waals surface area contributed by atoms with E-state index >= 15 is 0 Å². The Bertz CT molecular complexity index is 321. The molecule has 0 spiro atoms. The molecule has 0 aromatic carbocycles. The smallest absolute Gasteiger partial charge is 0.0772 e. The SMILES string of the molecule is CC(C)CN(Cc1ncccc1N)C(C)C. The van der Waals surface area contributed by atoms with Gasteiger partial charge in [-0.1, -0.05) is 13.8 Å². The predicted molar refractivity (Wildman–Crippen MR) is 69.0 cm³/mol. The van der Waals surface area contributed by atoms with E-state index in [2.05, 4.69) is 37.6 Å². The zero-order valence-corrected chi connectivity index (χ0v) is 10.8. The van der Waals surface area contributed by atoms with Crippen molar-refractivity contribution in [2.24, 2.45) is 5.92 Å². The van der Waals surface area contributed by atoms with Crippen LogP contribution in [-0.2, 0) is 6.54 Å². The predicted octanol–water partition coefficient (Wildman–Crippen LogP) is 2.53. The molecule has 0 aliphatic rings. The number of anilines is 1. The van der Waals surface area contributed by atoms with Crippen LogP contribution in [0.4, 0.5) is 5.69 Å². The zero-order chi connectivity index (χ0) is 12.1. The summed E-state index contributed by atoms with van der Waals surface area (Å²) >= 11 is 0. The highest BCUT2D eigenvalue weighted by Crippen LogP contribution is 2.13. The molecule has 3 heteroatoms. The zero-order valence-electron chi connectivity index (χ0n) is 10.8. The van der Waals surface area contributed by atoms with Gasteiger partial charge < -0.3 is 5.73 Å². The maximum atomic E-state index is 5.91. The van der Waals surface area contributed by atoms with Gasteiger partial charge >= 0.3 is 0 Å². The van der Waals surface area contributed by atoms with Crippen LogP contribution in [-0.4, -0.2) is 22.5 Å². The van der Waals surface area contributed by atoms with Crippen LogP contribution in [0.3, 0.4) is 0 Å². The highest BCUT2D eigenvalue weighted by atomic mass is 15.2. The summed E-state index contributed by atoms with van der Waals surface area (Å²) in [5, 5.41) is 0. The Hall–Kier alpha value is -1.09. The maximum absolute atomic E-state index is 5.91. The highest BCUT2D eigenvalue weighted by molar-refractivity contribution is 5.41. The Morgan fingerprint density at radius 1 is 1.31 bits per heavy atom. The lowest BCUT2D eigenvalue weighted by atomic mass is 10.1. The molecule has 0 saturated heterocycles. The Balaban J connectivity index is 2.72. The van der Waals surface area contributed by atoms with Gasteiger partial charge in [-0.25, -0.2) is 0 Å². The summed E-state index contributed by atoms with van der Waals surface area (Å²) in [4.78, 5) is 6.75. The van der Waals surface area contributed by atoms with Crippen molar-refractivity contribution in [1.29, 1.82) is 0 Å². The fourth-order valence-corrected chi connectivity index (χ4v) is 1.70. The number of nitrogens with zero attached hydrogens (tertiary/aromatic N) is 2. The van der Waals surface area contributed by atoms with Crippen LogP contribution < -0.4 is 5.73 Å². The van der Waals surface area contributed by atoms with Crippen LogP contribution in [0.25, 0.3) is 0 Å². The summed E-state index contributed by atoms with van der Waals surface area (Å²) < 4.78 is 0. The topological polar surface area (TPSA) is 42.2 Å². The lowest BCUT2D eigenvalue weighted by Crippen LogP contribution is -2.34. The third-order valence-electron chi connectivity index (χ3n) is 2.61. The van der Waals surface area contributed by atoms with Gasteiger partial charge in [0.15, 0.2) is 0 Å². The molecule has 2 N–H and O–H groups in total. The standard InChI is InChI=1S/C13H23N3/c1-10(2)8-16(11(3)4)9-13-12(14)6-5-7-15-13/h5-7,10-11H,8-9,14H2,1-4H3. The van der Waals surface area contributed by atoms with Crippen molar-refractivity contribution in [3.63, 3.8) is 0 Å². The number of pyridine rings is 1. The molecule has 0 unspecified atom stereocenters. The average molecular weight is 221 g/mol. The Morgan fingerprint density at radius 3 is 2.50 bits per heavy atom. The molecule has 1 aromatic rings. The minimum absolute atomic E-state index is 0.517. The molecule has 0 radical (unpaired) electrons. The van der Waals surface area contributed by atoms with Crippen molar-refractivity contribution in [3.8, 4) is 0 Å². The van der Waals surface area contributed by atoms with Gasteiger partial charge in [-0.3, -0.25) is 9.88 Å². The summed E-state index contributed by atoms with van der Waals surface area (Å²) in [7, 11) is 0. The van der Waals surface area contributed by atoms with Crippen molar-refractivity contribution in [1.82, 2.24) is 9.88 Å². The summed E-state index contributed by atoms with van der Waals surface area (Å²) in [5.41, 5.74) is 7.68. The number of hydrogen-bond donors (Lipinski definition) is 1. The molecule has 3 nitrogen and oxygen atoms in total. The van der Waals surface area contributed by atoms with Gasteiger partial charge in [-0.2, -0.15) is 0 Å². The van der Waals surface area contributed by atoms with Gasteiger partial charge in [0.2, 0.25) is 0 Å². The summed E-state index contributed by atoms with van der Waals surface area (Å²) in [6, 6.07) is 4.31. The minimum atomic E-state index is 0.517. The molecule has 0 saturated carbocycles. The monoisotopic (exact) mass is 221 g/mol. The molecular formula is C13H23N3. The molecule has 1 aromatic heterocycles. The molecule has 1 heterocycles. The Labute approximate surface area is 98.7 Å². The second-order valence-corrected chi connectivity index (χ2v) is 4.96. The van der Waals surface area contributed by atoms with E-state index in [1.54, 1.807) is 6.20 Å². The van der Waals surface area contributed by atoms with E-state index in [9.17, 15) is 0 Å². The van der Waals surface area contributed by atoms with E-state index in [-0.39, 0.29) is 0 Å². The molecule has 1 rings (SSSR count). The van der Waals surface area contributed by atoms with Crippen LogP contribution in [0.15, 0.2) is 18.3 Å². The van der Waals surface area contributed by atoms with Crippen molar-refractivity contribution in [2.75, 3.05) is 12.3 Å². The normalized spacial score (nSPS) is 11.7. The van der Waals surface area contributed by atoms with Gasteiger partial charge in [0, 0.05) is 25.3 Å². The fourth-order valence-electron chi connectivity index (χ4n) is 1.70. The first-order valence-corrected chi connectivity index (χ1v) is 5.94. The van der Waals surface area contributed by atoms with E-state index in [1.807, 2.05) is 12.1 Å². The first kappa shape index (κ1) is 13.0. The van der Waals surface area contributed by atoms with Crippen LogP contribution in [0.2, 0.25) is 0 Å².